The number of hydrogen-bond donors (Lipinski definition) is 0. The summed E-state index contributed by atoms with van der Waals surface area (Å²) in [5.74, 6) is 0. The zero-order valence-corrected chi connectivity index (χ0v) is 14.7. The second-order valence-corrected chi connectivity index (χ2v) is 18.3. The molecule has 1 aliphatic rings. The Balaban J connectivity index is 0.00000112. The van der Waals surface area contributed by atoms with Crippen LogP contribution in [0.3, 0.4) is 0 Å². The van der Waals surface area contributed by atoms with Crippen LogP contribution in [0.5, 0.6) is 0 Å². The van der Waals surface area contributed by atoms with Gasteiger partial charge in [-0.15, -0.1) is 0 Å². The van der Waals surface area contributed by atoms with E-state index in [0.717, 1.165) is 0 Å². The van der Waals surface area contributed by atoms with Gasteiger partial charge in [0.15, 0.2) is 0 Å². The molecule has 0 saturated carbocycles. The molecule has 4 heteroatoms. The number of hydrogen-bond acceptors (Lipinski definition) is 0. The van der Waals surface area contributed by atoms with E-state index in [4.69, 9.17) is 0 Å². The Labute approximate surface area is 122 Å². The van der Waals surface area contributed by atoms with Crippen molar-refractivity contribution < 1.29 is 46.7 Å². The summed E-state index contributed by atoms with van der Waals surface area (Å²) in [5, 5.41) is 0. The van der Waals surface area contributed by atoms with Crippen LogP contribution < -0.4 is 24.8 Å². The normalized spacial score (nSPS) is 20.2. The summed E-state index contributed by atoms with van der Waals surface area (Å²) in [4.78, 5) is 0. The second kappa shape index (κ2) is 6.54. The van der Waals surface area contributed by atoms with E-state index in [0.29, 0.717) is 3.12 Å². The van der Waals surface area contributed by atoms with Gasteiger partial charge in [0.1, 0.15) is 0 Å². The summed E-state index contributed by atoms with van der Waals surface area (Å²) in [7, 11) is 0. The fourth-order valence-corrected chi connectivity index (χ4v) is 13.4. The number of benzene rings is 1. The molecule has 1 aliphatic carbocycles. The number of allylic oxidation sites excluding steroid dienone is 1. The van der Waals surface area contributed by atoms with Crippen molar-refractivity contribution in [2.75, 3.05) is 0 Å². The van der Waals surface area contributed by atoms with Gasteiger partial charge in [0.2, 0.25) is 0 Å². The molecular formula is C12H15Cl2SiZr. The van der Waals surface area contributed by atoms with Crippen LogP contribution in [-0.4, -0.2) is 5.43 Å². The summed E-state index contributed by atoms with van der Waals surface area (Å²) in [6.45, 7) is 7.38. The van der Waals surface area contributed by atoms with Gasteiger partial charge in [-0.1, -0.05) is 0 Å². The van der Waals surface area contributed by atoms with E-state index in [9.17, 15) is 0 Å². The van der Waals surface area contributed by atoms with Crippen LogP contribution in [0.15, 0.2) is 30.3 Å². The summed E-state index contributed by atoms with van der Waals surface area (Å²) >= 11 is -0.260. The summed E-state index contributed by atoms with van der Waals surface area (Å²) in [6.07, 6.45) is 4.78. The first-order valence-corrected chi connectivity index (χ1v) is 12.4. The first kappa shape index (κ1) is 16.6. The number of halogens is 2. The predicted octanol–water partition coefficient (Wildman–Crippen LogP) is -2.73. The standard InChI is InChI=1S/C10H9.C2H6Si.2ClH.Zr/c1-8-6-7-9-4-2-3-5-10(8)9;1-3-2;;;/h2-7H,1H3;1-2H3;2*1H;/q;;;;+2/p-2. The van der Waals surface area contributed by atoms with Crippen LogP contribution >= 0.6 is 0 Å². The van der Waals surface area contributed by atoms with Crippen LogP contribution in [-0.2, 0) is 25.0 Å². The third kappa shape index (κ3) is 3.32. The Morgan fingerprint density at radius 1 is 1.12 bits per heavy atom. The third-order valence-corrected chi connectivity index (χ3v) is 12.2. The van der Waals surface area contributed by atoms with Gasteiger partial charge in [-0.3, -0.25) is 0 Å². The Bertz CT molecular complexity index is 425. The van der Waals surface area contributed by atoms with E-state index in [1.165, 1.54) is 5.56 Å². The average Bonchev–Trinajstić information content (AvgIpc) is 2.44. The second-order valence-electron chi connectivity index (χ2n) is 4.25. The van der Waals surface area contributed by atoms with Crippen LogP contribution in [0.2, 0.25) is 13.1 Å². The Kier molecular flexibility index (Phi) is 6.80. The van der Waals surface area contributed by atoms with Crippen LogP contribution in [0.4, 0.5) is 0 Å². The molecule has 0 fully saturated rings. The van der Waals surface area contributed by atoms with Crippen LogP contribution in [0.1, 0.15) is 18.1 Å². The van der Waals surface area contributed by atoms with Crippen molar-refractivity contribution in [1.82, 2.24) is 0 Å². The van der Waals surface area contributed by atoms with Crippen molar-refractivity contribution in [3.63, 3.8) is 0 Å². The van der Waals surface area contributed by atoms with Gasteiger partial charge in [-0.2, -0.15) is 0 Å². The molecule has 0 aromatic heterocycles. The molecule has 2 rings (SSSR count). The molecule has 85 valence electrons. The molecule has 16 heavy (non-hydrogen) atoms. The van der Waals surface area contributed by atoms with E-state index >= 15 is 0 Å². The van der Waals surface area contributed by atoms with Crippen molar-refractivity contribution in [2.24, 2.45) is 0 Å². The Morgan fingerprint density at radius 3 is 2.38 bits per heavy atom. The zero-order valence-electron chi connectivity index (χ0n) is 9.72. The summed E-state index contributed by atoms with van der Waals surface area (Å²) in [5.41, 5.74) is 3.05. The number of rotatable bonds is 1. The van der Waals surface area contributed by atoms with Crippen molar-refractivity contribution in [1.29, 1.82) is 0 Å². The number of fused-ring (bicyclic) bond motifs is 1. The van der Waals surface area contributed by atoms with Crippen molar-refractivity contribution >= 4 is 11.5 Å². The molecule has 1 aromatic carbocycles. The summed E-state index contributed by atoms with van der Waals surface area (Å²) < 4.78 is 0.484. The Morgan fingerprint density at radius 2 is 1.75 bits per heavy atom. The van der Waals surface area contributed by atoms with Gasteiger partial charge in [-0.25, -0.2) is 0 Å². The molecular weight excluding hydrogens is 334 g/mol. The average molecular weight is 349 g/mol. The molecule has 0 aliphatic heterocycles. The molecule has 0 bridgehead atoms. The molecule has 1 unspecified atom stereocenters. The fraction of sp³-hybridized carbons (Fsp3) is 0.333. The van der Waals surface area contributed by atoms with E-state index in [-0.39, 0.29) is 52.1 Å². The minimum atomic E-state index is -0.260. The fourth-order valence-electron chi connectivity index (χ4n) is 2.09. The molecule has 0 amide bonds. The SMILES string of the molecule is C[Si](C)=[Zr+2][C]1(C)C=Cc2ccccc21.[Cl-].[Cl-]. The molecule has 1 atom stereocenters. The molecule has 0 heterocycles. The molecule has 0 radical (unpaired) electrons. The van der Waals surface area contributed by atoms with Gasteiger partial charge in [-0.05, 0) is 0 Å². The molecule has 1 aromatic rings. The summed E-state index contributed by atoms with van der Waals surface area (Å²) in [6, 6.07) is 8.89. The quantitative estimate of drug-likeness (QED) is 0.483. The van der Waals surface area contributed by atoms with E-state index in [2.05, 4.69) is 56.4 Å². The maximum atomic E-state index is 2.47. The molecule has 0 saturated heterocycles. The maximum absolute atomic E-state index is 2.47. The van der Waals surface area contributed by atoms with Gasteiger partial charge in [0, 0.05) is 0 Å². The van der Waals surface area contributed by atoms with Gasteiger partial charge in [0.05, 0.1) is 0 Å². The smallest absolute Gasteiger partial charge is 1.00 e. The van der Waals surface area contributed by atoms with Gasteiger partial charge < -0.3 is 24.8 Å². The topological polar surface area (TPSA) is 0 Å². The maximum Gasteiger partial charge on any atom is -1.00 e. The first-order valence-electron chi connectivity index (χ1n) is 4.99. The van der Waals surface area contributed by atoms with E-state index in [1.54, 1.807) is 5.56 Å². The van der Waals surface area contributed by atoms with Crippen molar-refractivity contribution in [2.45, 2.75) is 23.1 Å². The third-order valence-electron chi connectivity index (χ3n) is 2.63. The predicted molar refractivity (Wildman–Crippen MR) is 60.3 cm³/mol. The van der Waals surface area contributed by atoms with Gasteiger partial charge in [0.25, 0.3) is 0 Å². The van der Waals surface area contributed by atoms with Crippen molar-refractivity contribution in [3.05, 3.63) is 41.5 Å². The largest absolute Gasteiger partial charge is 1.00 e. The molecule has 0 N–H and O–H groups in total. The van der Waals surface area contributed by atoms with Gasteiger partial charge >= 0.3 is 98.0 Å². The monoisotopic (exact) mass is 347 g/mol. The van der Waals surface area contributed by atoms with E-state index < -0.39 is 0 Å². The first-order chi connectivity index (χ1) is 6.62. The Hall–Kier alpha value is 0.640. The minimum Gasteiger partial charge on any atom is -1.00 e. The minimum absolute atomic E-state index is 0. The molecule has 0 nitrogen and oxygen atoms in total. The van der Waals surface area contributed by atoms with Crippen LogP contribution in [0.25, 0.3) is 6.08 Å². The van der Waals surface area contributed by atoms with Crippen LogP contribution in [0, 0.1) is 0 Å². The molecule has 0 spiro atoms. The zero-order chi connectivity index (χ0) is 10.2. The van der Waals surface area contributed by atoms with Crippen molar-refractivity contribution in [3.8, 4) is 0 Å². The van der Waals surface area contributed by atoms with E-state index in [1.807, 2.05) is 0 Å².